The Kier molecular flexibility index (Phi) is 2.86. The fraction of sp³-hybridized carbons (Fsp3) is 0.444. The monoisotopic (exact) mass is 242 g/mol. The highest BCUT2D eigenvalue weighted by Crippen LogP contribution is 2.26. The van der Waals surface area contributed by atoms with Crippen LogP contribution in [0.1, 0.15) is 17.5 Å². The summed E-state index contributed by atoms with van der Waals surface area (Å²) in [5.74, 6) is 0.227. The van der Waals surface area contributed by atoms with Crippen molar-refractivity contribution in [2.75, 3.05) is 12.3 Å². The fourth-order valence-corrected chi connectivity index (χ4v) is 2.57. The van der Waals surface area contributed by atoms with E-state index in [2.05, 4.69) is 0 Å². The first-order valence-electron chi connectivity index (χ1n) is 4.76. The zero-order chi connectivity index (χ0) is 11.7. The number of nitro groups is 1. The number of carbonyl (C=O) groups is 1. The molecule has 2 rings (SSSR count). The molecule has 0 bridgehead atoms. The molecule has 0 saturated carbocycles. The Balaban J connectivity index is 2.17. The van der Waals surface area contributed by atoms with E-state index in [4.69, 9.17) is 4.42 Å². The van der Waals surface area contributed by atoms with E-state index in [0.29, 0.717) is 6.54 Å². The van der Waals surface area contributed by atoms with Gasteiger partial charge in [-0.1, -0.05) is 0 Å². The molecular weight excluding hydrogens is 232 g/mol. The van der Waals surface area contributed by atoms with Gasteiger partial charge < -0.3 is 9.32 Å². The Labute approximate surface area is 95.7 Å². The molecular formula is C9H10N2O4S. The summed E-state index contributed by atoms with van der Waals surface area (Å²) >= 11 is 1.67. The lowest BCUT2D eigenvalue weighted by Gasteiger charge is -2.18. The van der Waals surface area contributed by atoms with Crippen molar-refractivity contribution in [3.63, 3.8) is 0 Å². The van der Waals surface area contributed by atoms with Crippen LogP contribution in [0.3, 0.4) is 0 Å². The number of thioether (sulfide) groups is 1. The standard InChI is InChI=1S/C9H10N2O4S/c1-6-10(4-5-16-6)9(12)7-2-3-8(15-7)11(13)14/h2-3,6H,4-5H2,1H3. The van der Waals surface area contributed by atoms with Crippen LogP contribution in [0, 0.1) is 10.1 Å². The van der Waals surface area contributed by atoms with Crippen LogP contribution in [0.25, 0.3) is 0 Å². The van der Waals surface area contributed by atoms with Crippen LogP contribution in [0.2, 0.25) is 0 Å². The van der Waals surface area contributed by atoms with Crippen molar-refractivity contribution < 1.29 is 14.1 Å². The van der Waals surface area contributed by atoms with Crippen LogP contribution in [-0.2, 0) is 0 Å². The van der Waals surface area contributed by atoms with Gasteiger partial charge in [0.05, 0.1) is 11.4 Å². The van der Waals surface area contributed by atoms with E-state index in [1.807, 2.05) is 6.92 Å². The number of nitrogens with zero attached hydrogens (tertiary/aromatic N) is 2. The highest BCUT2D eigenvalue weighted by molar-refractivity contribution is 8.00. The van der Waals surface area contributed by atoms with Crippen molar-refractivity contribution in [1.82, 2.24) is 4.90 Å². The maximum absolute atomic E-state index is 11.9. The van der Waals surface area contributed by atoms with Gasteiger partial charge in [-0.2, -0.15) is 0 Å². The molecule has 0 spiro atoms. The lowest BCUT2D eigenvalue weighted by molar-refractivity contribution is -0.402. The lowest BCUT2D eigenvalue weighted by Crippen LogP contribution is -2.32. The van der Waals surface area contributed by atoms with Crippen molar-refractivity contribution in [2.45, 2.75) is 12.3 Å². The Morgan fingerprint density at radius 1 is 1.69 bits per heavy atom. The average molecular weight is 242 g/mol. The van der Waals surface area contributed by atoms with Crippen molar-refractivity contribution in [1.29, 1.82) is 0 Å². The van der Waals surface area contributed by atoms with E-state index in [1.165, 1.54) is 12.1 Å². The van der Waals surface area contributed by atoms with E-state index in [-0.39, 0.29) is 17.0 Å². The van der Waals surface area contributed by atoms with Crippen LogP contribution in [0.5, 0.6) is 0 Å². The van der Waals surface area contributed by atoms with Crippen molar-refractivity contribution in [3.8, 4) is 0 Å². The van der Waals surface area contributed by atoms with Gasteiger partial charge >= 0.3 is 5.88 Å². The number of hydrogen-bond acceptors (Lipinski definition) is 5. The predicted molar refractivity (Wildman–Crippen MR) is 58.3 cm³/mol. The van der Waals surface area contributed by atoms with Gasteiger partial charge in [-0.25, -0.2) is 0 Å². The van der Waals surface area contributed by atoms with Gasteiger partial charge in [0.1, 0.15) is 4.92 Å². The van der Waals surface area contributed by atoms with E-state index in [9.17, 15) is 14.9 Å². The van der Waals surface area contributed by atoms with Gasteiger partial charge in [0, 0.05) is 12.3 Å². The fourth-order valence-electron chi connectivity index (χ4n) is 1.54. The van der Waals surface area contributed by atoms with Crippen LogP contribution in [0.4, 0.5) is 5.88 Å². The molecule has 86 valence electrons. The second-order valence-electron chi connectivity index (χ2n) is 3.36. The Morgan fingerprint density at radius 2 is 2.44 bits per heavy atom. The summed E-state index contributed by atoms with van der Waals surface area (Å²) < 4.78 is 4.87. The first-order valence-corrected chi connectivity index (χ1v) is 5.81. The molecule has 0 aliphatic carbocycles. The number of hydrogen-bond donors (Lipinski definition) is 0. The first kappa shape index (κ1) is 11.0. The molecule has 2 heterocycles. The topological polar surface area (TPSA) is 76.6 Å². The highest BCUT2D eigenvalue weighted by Gasteiger charge is 2.29. The number of furan rings is 1. The zero-order valence-electron chi connectivity index (χ0n) is 8.58. The largest absolute Gasteiger partial charge is 0.433 e. The Hall–Kier alpha value is -1.50. The molecule has 1 aliphatic heterocycles. The van der Waals surface area contributed by atoms with Crippen molar-refractivity contribution >= 4 is 23.6 Å². The van der Waals surface area contributed by atoms with Gasteiger partial charge in [0.25, 0.3) is 5.91 Å². The van der Waals surface area contributed by atoms with Gasteiger partial charge in [-0.05, 0) is 13.0 Å². The molecule has 1 saturated heterocycles. The number of rotatable bonds is 2. The van der Waals surface area contributed by atoms with Gasteiger partial charge in [-0.3, -0.25) is 14.9 Å². The molecule has 7 heteroatoms. The zero-order valence-corrected chi connectivity index (χ0v) is 9.40. The summed E-state index contributed by atoms with van der Waals surface area (Å²) in [6.07, 6.45) is 0. The van der Waals surface area contributed by atoms with Crippen molar-refractivity contribution in [2.24, 2.45) is 0 Å². The molecule has 6 nitrogen and oxygen atoms in total. The van der Waals surface area contributed by atoms with Crippen molar-refractivity contribution in [3.05, 3.63) is 28.0 Å². The minimum Gasteiger partial charge on any atom is -0.395 e. The third-order valence-corrected chi connectivity index (χ3v) is 3.53. The molecule has 1 unspecified atom stereocenters. The second-order valence-corrected chi connectivity index (χ2v) is 4.79. The van der Waals surface area contributed by atoms with Gasteiger partial charge in [0.15, 0.2) is 5.76 Å². The minimum atomic E-state index is -0.654. The summed E-state index contributed by atoms with van der Waals surface area (Å²) in [6.45, 7) is 2.58. The number of amides is 1. The Bertz CT molecular complexity index is 431. The maximum atomic E-state index is 11.9. The minimum absolute atomic E-state index is 0.0288. The summed E-state index contributed by atoms with van der Waals surface area (Å²) in [5.41, 5.74) is 0. The highest BCUT2D eigenvalue weighted by atomic mass is 32.2. The molecule has 16 heavy (non-hydrogen) atoms. The van der Waals surface area contributed by atoms with E-state index < -0.39 is 10.8 Å². The third-order valence-electron chi connectivity index (χ3n) is 2.37. The first-order chi connectivity index (χ1) is 7.59. The Morgan fingerprint density at radius 3 is 2.94 bits per heavy atom. The summed E-state index contributed by atoms with van der Waals surface area (Å²) in [4.78, 5) is 23.3. The molecule has 1 aliphatic rings. The summed E-state index contributed by atoms with van der Waals surface area (Å²) in [5, 5.41) is 10.5. The van der Waals surface area contributed by atoms with Crippen LogP contribution in [-0.4, -0.2) is 33.4 Å². The SMILES string of the molecule is CC1SCCN1C(=O)c1ccc([N+](=O)[O-])o1. The summed E-state index contributed by atoms with van der Waals surface area (Å²) in [7, 11) is 0. The smallest absolute Gasteiger partial charge is 0.395 e. The van der Waals surface area contributed by atoms with Gasteiger partial charge in [0.2, 0.25) is 0 Å². The molecule has 0 radical (unpaired) electrons. The van der Waals surface area contributed by atoms with E-state index >= 15 is 0 Å². The predicted octanol–water partition coefficient (Wildman–Crippen LogP) is 1.72. The third kappa shape index (κ3) is 1.90. The molecule has 1 aromatic heterocycles. The molecule has 0 aromatic carbocycles. The normalized spacial score (nSPS) is 20.1. The van der Waals surface area contributed by atoms with Crippen LogP contribution >= 0.6 is 11.8 Å². The molecule has 0 N–H and O–H groups in total. The van der Waals surface area contributed by atoms with E-state index in [0.717, 1.165) is 5.75 Å². The van der Waals surface area contributed by atoms with Crippen LogP contribution in [0.15, 0.2) is 16.5 Å². The molecule has 1 fully saturated rings. The average Bonchev–Trinajstić information content (AvgIpc) is 2.84. The second kappa shape index (κ2) is 4.17. The molecule has 1 atom stereocenters. The van der Waals surface area contributed by atoms with Crippen LogP contribution < -0.4 is 0 Å². The van der Waals surface area contributed by atoms with E-state index in [1.54, 1.807) is 16.7 Å². The quantitative estimate of drug-likeness (QED) is 0.583. The maximum Gasteiger partial charge on any atom is 0.433 e. The lowest BCUT2D eigenvalue weighted by atomic mass is 10.3. The number of carbonyl (C=O) groups excluding carboxylic acids is 1. The molecule has 1 aromatic rings. The van der Waals surface area contributed by atoms with Gasteiger partial charge in [-0.15, -0.1) is 11.8 Å². The summed E-state index contributed by atoms with van der Waals surface area (Å²) in [6, 6.07) is 2.54. The molecule has 1 amide bonds.